The number of nitrogens with one attached hydrogen (secondary N) is 1. The molecule has 0 spiro atoms. The van der Waals surface area contributed by atoms with Crippen molar-refractivity contribution < 1.29 is 17.9 Å². The highest BCUT2D eigenvalue weighted by Gasteiger charge is 2.27. The summed E-state index contributed by atoms with van der Waals surface area (Å²) in [5, 5.41) is 2.16. The van der Waals surface area contributed by atoms with Crippen LogP contribution in [0.15, 0.2) is 42.5 Å². The Morgan fingerprint density at radius 1 is 1.10 bits per heavy atom. The molecule has 0 aliphatic carbocycles. The molecule has 1 atom stereocenters. The van der Waals surface area contributed by atoms with Crippen molar-refractivity contribution in [2.24, 2.45) is 5.84 Å². The quantitative estimate of drug-likeness (QED) is 0.488. The molecule has 0 aliphatic rings. The molecule has 114 valence electrons. The molecular weight excluding hydrogens is 281 g/mol. The summed E-state index contributed by atoms with van der Waals surface area (Å²) in [6.45, 7) is -1.25. The van der Waals surface area contributed by atoms with Gasteiger partial charge in [0.1, 0.15) is 6.61 Å². The first-order valence-electron chi connectivity index (χ1n) is 6.59. The number of hydrogen-bond acceptors (Lipinski definition) is 3. The maximum atomic E-state index is 12.0. The summed E-state index contributed by atoms with van der Waals surface area (Å²) < 4.78 is 40.6. The Labute approximate surface area is 120 Å². The first-order valence-corrected chi connectivity index (χ1v) is 6.59. The Morgan fingerprint density at radius 3 is 2.48 bits per heavy atom. The zero-order valence-corrected chi connectivity index (χ0v) is 11.4. The summed E-state index contributed by atoms with van der Waals surface area (Å²) in [6, 6.07) is 13.5. The fourth-order valence-electron chi connectivity index (χ4n) is 2.16. The molecule has 0 radical (unpaired) electrons. The molecule has 21 heavy (non-hydrogen) atoms. The van der Waals surface area contributed by atoms with E-state index in [0.29, 0.717) is 6.42 Å². The zero-order chi connectivity index (χ0) is 15.3. The van der Waals surface area contributed by atoms with Crippen LogP contribution in [0.2, 0.25) is 0 Å². The second-order valence-corrected chi connectivity index (χ2v) is 4.78. The van der Waals surface area contributed by atoms with Gasteiger partial charge in [0.2, 0.25) is 0 Å². The van der Waals surface area contributed by atoms with Crippen molar-refractivity contribution in [3.8, 4) is 0 Å². The SMILES string of the molecule is NNC(CCOCC(F)(F)F)c1ccc2ccccc2c1. The number of fused-ring (bicyclic) bond motifs is 1. The van der Waals surface area contributed by atoms with Crippen LogP contribution in [0.1, 0.15) is 18.0 Å². The van der Waals surface area contributed by atoms with Crippen molar-refractivity contribution in [1.82, 2.24) is 5.43 Å². The lowest BCUT2D eigenvalue weighted by Crippen LogP contribution is -2.29. The van der Waals surface area contributed by atoms with E-state index in [1.807, 2.05) is 42.5 Å². The first-order chi connectivity index (χ1) is 9.99. The Bertz CT molecular complexity index is 586. The Hall–Kier alpha value is -1.63. The van der Waals surface area contributed by atoms with E-state index >= 15 is 0 Å². The molecule has 0 aliphatic heterocycles. The third-order valence-electron chi connectivity index (χ3n) is 3.19. The van der Waals surface area contributed by atoms with Crippen LogP contribution in [-0.4, -0.2) is 19.4 Å². The minimum absolute atomic E-state index is 0.0127. The largest absolute Gasteiger partial charge is 0.411 e. The third-order valence-corrected chi connectivity index (χ3v) is 3.19. The van der Waals surface area contributed by atoms with Gasteiger partial charge >= 0.3 is 6.18 Å². The van der Waals surface area contributed by atoms with Crippen LogP contribution in [0.5, 0.6) is 0 Å². The lowest BCUT2D eigenvalue weighted by molar-refractivity contribution is -0.174. The molecule has 2 aromatic rings. The van der Waals surface area contributed by atoms with Crippen molar-refractivity contribution in [2.45, 2.75) is 18.6 Å². The number of halogens is 3. The number of benzene rings is 2. The summed E-state index contributed by atoms with van der Waals surface area (Å²) >= 11 is 0. The second-order valence-electron chi connectivity index (χ2n) is 4.78. The number of hydrazine groups is 1. The van der Waals surface area contributed by atoms with Crippen LogP contribution in [0.3, 0.4) is 0 Å². The van der Waals surface area contributed by atoms with Crippen LogP contribution in [0, 0.1) is 0 Å². The van der Waals surface area contributed by atoms with Gasteiger partial charge < -0.3 is 4.74 Å². The normalized spacial score (nSPS) is 13.5. The van der Waals surface area contributed by atoms with E-state index in [1.54, 1.807) is 0 Å². The van der Waals surface area contributed by atoms with Crippen LogP contribution in [0.4, 0.5) is 13.2 Å². The summed E-state index contributed by atoms with van der Waals surface area (Å²) in [5.74, 6) is 5.49. The van der Waals surface area contributed by atoms with Gasteiger partial charge in [0.25, 0.3) is 0 Å². The molecule has 0 saturated heterocycles. The van der Waals surface area contributed by atoms with Gasteiger partial charge in [-0.2, -0.15) is 13.2 Å². The summed E-state index contributed by atoms with van der Waals surface area (Å²) in [7, 11) is 0. The van der Waals surface area contributed by atoms with E-state index in [1.165, 1.54) is 0 Å². The van der Waals surface area contributed by atoms with Gasteiger partial charge in [-0.05, 0) is 28.8 Å². The molecule has 0 bridgehead atoms. The topological polar surface area (TPSA) is 47.3 Å². The van der Waals surface area contributed by atoms with Crippen molar-refractivity contribution in [3.63, 3.8) is 0 Å². The highest BCUT2D eigenvalue weighted by Crippen LogP contribution is 2.22. The van der Waals surface area contributed by atoms with Crippen molar-refractivity contribution in [1.29, 1.82) is 0 Å². The Kier molecular flexibility index (Phi) is 5.17. The maximum Gasteiger partial charge on any atom is 0.411 e. The van der Waals surface area contributed by atoms with Gasteiger partial charge in [-0.25, -0.2) is 0 Å². The van der Waals surface area contributed by atoms with E-state index in [0.717, 1.165) is 16.3 Å². The number of rotatable bonds is 6. The molecule has 0 amide bonds. The van der Waals surface area contributed by atoms with Gasteiger partial charge in [0, 0.05) is 12.6 Å². The maximum absolute atomic E-state index is 12.0. The summed E-state index contributed by atoms with van der Waals surface area (Å²) in [6.07, 6.45) is -3.93. The summed E-state index contributed by atoms with van der Waals surface area (Å²) in [5.41, 5.74) is 3.54. The highest BCUT2D eigenvalue weighted by atomic mass is 19.4. The molecule has 0 aromatic heterocycles. The molecule has 1 unspecified atom stereocenters. The van der Waals surface area contributed by atoms with Crippen LogP contribution in [0.25, 0.3) is 10.8 Å². The lowest BCUT2D eigenvalue weighted by atomic mass is 10.0. The Balaban J connectivity index is 1.99. The molecular formula is C15H17F3N2O. The van der Waals surface area contributed by atoms with E-state index < -0.39 is 12.8 Å². The third kappa shape index (κ3) is 4.70. The van der Waals surface area contributed by atoms with Gasteiger partial charge in [0.05, 0.1) is 0 Å². The van der Waals surface area contributed by atoms with Crippen molar-refractivity contribution >= 4 is 10.8 Å². The van der Waals surface area contributed by atoms with Gasteiger partial charge in [-0.1, -0.05) is 36.4 Å². The zero-order valence-electron chi connectivity index (χ0n) is 11.4. The number of hydrogen-bond donors (Lipinski definition) is 2. The molecule has 0 fully saturated rings. The average Bonchev–Trinajstić information content (AvgIpc) is 2.46. The van der Waals surface area contributed by atoms with Crippen LogP contribution in [-0.2, 0) is 4.74 Å². The van der Waals surface area contributed by atoms with Gasteiger partial charge in [-0.15, -0.1) is 0 Å². The molecule has 3 nitrogen and oxygen atoms in total. The predicted octanol–water partition coefficient (Wildman–Crippen LogP) is 3.31. The Morgan fingerprint density at radius 2 is 1.81 bits per heavy atom. The van der Waals surface area contributed by atoms with Crippen LogP contribution >= 0.6 is 0 Å². The monoisotopic (exact) mass is 298 g/mol. The number of ether oxygens (including phenoxy) is 1. The van der Waals surface area contributed by atoms with E-state index in [9.17, 15) is 13.2 Å². The number of nitrogens with two attached hydrogens (primary N) is 1. The smallest absolute Gasteiger partial charge is 0.372 e. The van der Waals surface area contributed by atoms with Crippen molar-refractivity contribution in [2.75, 3.05) is 13.2 Å². The van der Waals surface area contributed by atoms with E-state index in [2.05, 4.69) is 10.2 Å². The molecule has 3 N–H and O–H groups in total. The van der Waals surface area contributed by atoms with E-state index in [-0.39, 0.29) is 12.6 Å². The van der Waals surface area contributed by atoms with Gasteiger partial charge in [0.15, 0.2) is 0 Å². The molecule has 6 heteroatoms. The second kappa shape index (κ2) is 6.89. The lowest BCUT2D eigenvalue weighted by Gasteiger charge is -2.17. The van der Waals surface area contributed by atoms with Gasteiger partial charge in [-0.3, -0.25) is 11.3 Å². The molecule has 0 heterocycles. The standard InChI is InChI=1S/C15H17F3N2O/c16-15(17,18)10-21-8-7-14(20-19)13-6-5-11-3-1-2-4-12(11)9-13/h1-6,9,14,20H,7-8,10,19H2. The fourth-order valence-corrected chi connectivity index (χ4v) is 2.16. The molecule has 0 saturated carbocycles. The number of alkyl halides is 3. The van der Waals surface area contributed by atoms with Crippen molar-refractivity contribution in [3.05, 3.63) is 48.0 Å². The minimum Gasteiger partial charge on any atom is -0.372 e. The molecule has 2 rings (SSSR count). The summed E-state index contributed by atoms with van der Waals surface area (Å²) in [4.78, 5) is 0. The highest BCUT2D eigenvalue weighted by molar-refractivity contribution is 5.83. The first kappa shape index (κ1) is 15.8. The average molecular weight is 298 g/mol. The fraction of sp³-hybridized carbons (Fsp3) is 0.333. The minimum atomic E-state index is -4.30. The predicted molar refractivity (Wildman–Crippen MR) is 75.5 cm³/mol. The molecule has 2 aromatic carbocycles. The van der Waals surface area contributed by atoms with Crippen LogP contribution < -0.4 is 11.3 Å². The van der Waals surface area contributed by atoms with E-state index in [4.69, 9.17) is 5.84 Å².